The first kappa shape index (κ1) is 31.1. The highest BCUT2D eigenvalue weighted by Gasteiger charge is 2.49. The Balaban J connectivity index is 0.00000126. The van der Waals surface area contributed by atoms with E-state index in [1.807, 2.05) is 13.8 Å². The van der Waals surface area contributed by atoms with E-state index in [0.717, 1.165) is 0 Å². The quantitative estimate of drug-likeness (QED) is 0.255. The van der Waals surface area contributed by atoms with Crippen LogP contribution in [0.3, 0.4) is 0 Å². The highest BCUT2D eigenvalue weighted by Crippen LogP contribution is 2.22. The second kappa shape index (κ2) is 12.0. The van der Waals surface area contributed by atoms with Gasteiger partial charge in [0, 0.05) is 0 Å². The number of hydrogen-bond donors (Lipinski definition) is 3. The van der Waals surface area contributed by atoms with Crippen molar-refractivity contribution in [3.05, 3.63) is 0 Å². The van der Waals surface area contributed by atoms with Crippen LogP contribution in [0.1, 0.15) is 46.0 Å². The van der Waals surface area contributed by atoms with Gasteiger partial charge in [-0.3, -0.25) is 4.79 Å². The third-order valence-electron chi connectivity index (χ3n) is 4.67. The molecule has 0 aromatic rings. The van der Waals surface area contributed by atoms with Crippen LogP contribution in [0.25, 0.3) is 0 Å². The van der Waals surface area contributed by atoms with E-state index in [0.29, 0.717) is 25.7 Å². The average molecular weight is 527 g/mol. The molecular weight excluding hydrogens is 497 g/mol. The van der Waals surface area contributed by atoms with Crippen molar-refractivity contribution >= 4 is 37.5 Å². The first-order valence-corrected chi connectivity index (χ1v) is 13.4. The van der Waals surface area contributed by atoms with E-state index >= 15 is 0 Å². The monoisotopic (exact) mass is 526 g/mol. The van der Waals surface area contributed by atoms with E-state index in [1.54, 1.807) is 0 Å². The summed E-state index contributed by atoms with van der Waals surface area (Å²) in [6.07, 6.45) is -3.99. The fourth-order valence-corrected chi connectivity index (χ4v) is 6.83. The summed E-state index contributed by atoms with van der Waals surface area (Å²) in [6, 6.07) is 0. The largest absolute Gasteiger partial charge is 0.490 e. The molecule has 1 aliphatic heterocycles. The van der Waals surface area contributed by atoms with Crippen molar-refractivity contribution in [3.8, 4) is 0 Å². The maximum absolute atomic E-state index is 12.7. The summed E-state index contributed by atoms with van der Waals surface area (Å²) < 4.78 is 85.0. The zero-order valence-electron chi connectivity index (χ0n) is 18.1. The number of aliphatic carboxylic acids is 1. The number of alkyl halides is 3. The van der Waals surface area contributed by atoms with Gasteiger partial charge < -0.3 is 21.3 Å². The molecule has 0 unspecified atom stereocenters. The van der Waals surface area contributed by atoms with Gasteiger partial charge in [0.15, 0.2) is 19.7 Å². The molecule has 0 aromatic heterocycles. The molecular formula is C17H29F3N2O9S2. The van der Waals surface area contributed by atoms with Crippen LogP contribution < -0.4 is 11.5 Å². The number of sulfone groups is 2. The van der Waals surface area contributed by atoms with Gasteiger partial charge in [0.1, 0.15) is 6.10 Å². The molecule has 2 atom stereocenters. The zero-order valence-corrected chi connectivity index (χ0v) is 19.8. The van der Waals surface area contributed by atoms with E-state index in [2.05, 4.69) is 0 Å². The van der Waals surface area contributed by atoms with E-state index in [1.165, 1.54) is 0 Å². The lowest BCUT2D eigenvalue weighted by molar-refractivity contribution is -0.192. The van der Waals surface area contributed by atoms with Crippen molar-refractivity contribution in [2.45, 2.75) is 69.0 Å². The Bertz CT molecular complexity index is 915. The minimum Gasteiger partial charge on any atom is -0.475 e. The summed E-state index contributed by atoms with van der Waals surface area (Å²) in [7, 11) is -7.22. The molecule has 0 aromatic carbocycles. The Morgan fingerprint density at radius 1 is 1.15 bits per heavy atom. The van der Waals surface area contributed by atoms with Crippen LogP contribution in [-0.2, 0) is 38.8 Å². The summed E-state index contributed by atoms with van der Waals surface area (Å²) >= 11 is 0. The number of esters is 1. The molecule has 1 amide bonds. The molecule has 0 bridgehead atoms. The number of amides is 1. The van der Waals surface area contributed by atoms with Gasteiger partial charge in [-0.1, -0.05) is 26.7 Å². The van der Waals surface area contributed by atoms with Crippen LogP contribution in [0.15, 0.2) is 0 Å². The smallest absolute Gasteiger partial charge is 0.475 e. The third kappa shape index (κ3) is 9.83. The van der Waals surface area contributed by atoms with Gasteiger partial charge in [0.05, 0.1) is 22.5 Å². The van der Waals surface area contributed by atoms with Crippen LogP contribution >= 0.6 is 0 Å². The lowest BCUT2D eigenvalue weighted by atomic mass is 10.0. The summed E-state index contributed by atoms with van der Waals surface area (Å²) in [5, 5.41) is 6.39. The number of ether oxygens (including phenoxy) is 1. The minimum absolute atomic E-state index is 0.0734. The zero-order chi connectivity index (χ0) is 26.3. The van der Waals surface area contributed by atoms with E-state index in [9.17, 15) is 39.6 Å². The molecule has 1 fully saturated rings. The lowest BCUT2D eigenvalue weighted by Crippen LogP contribution is -2.64. The Kier molecular flexibility index (Phi) is 11.3. The molecule has 1 saturated heterocycles. The normalized spacial score (nSPS) is 19.8. The first-order chi connectivity index (χ1) is 14.8. The van der Waals surface area contributed by atoms with Gasteiger partial charge in [-0.2, -0.15) is 13.2 Å². The van der Waals surface area contributed by atoms with Crippen molar-refractivity contribution in [1.29, 1.82) is 0 Å². The fraction of sp³-hybridized carbons (Fsp3) is 0.824. The maximum atomic E-state index is 12.7. The van der Waals surface area contributed by atoms with Crippen LogP contribution in [0.4, 0.5) is 13.2 Å². The molecule has 1 aliphatic rings. The van der Waals surface area contributed by atoms with E-state index in [-0.39, 0.29) is 17.9 Å². The highest BCUT2D eigenvalue weighted by atomic mass is 32.2. The van der Waals surface area contributed by atoms with Gasteiger partial charge in [-0.05, 0) is 19.3 Å². The van der Waals surface area contributed by atoms with Crippen LogP contribution in [-0.4, -0.2) is 80.1 Å². The molecule has 5 N–H and O–H groups in total. The van der Waals surface area contributed by atoms with E-state index < -0.39 is 66.3 Å². The number of rotatable bonds is 10. The van der Waals surface area contributed by atoms with Crippen molar-refractivity contribution in [2.24, 2.45) is 11.5 Å². The van der Waals surface area contributed by atoms with Crippen molar-refractivity contribution in [1.82, 2.24) is 0 Å². The molecule has 194 valence electrons. The van der Waals surface area contributed by atoms with Crippen molar-refractivity contribution in [2.75, 3.05) is 17.3 Å². The summed E-state index contributed by atoms with van der Waals surface area (Å²) in [5.41, 5.74) is 8.43. The number of halogens is 3. The van der Waals surface area contributed by atoms with Gasteiger partial charge in [-0.25, -0.2) is 26.4 Å². The molecule has 11 nitrogen and oxygen atoms in total. The Morgan fingerprint density at radius 3 is 1.91 bits per heavy atom. The number of nitrogens with two attached hydrogens (primary N) is 2. The number of hydrogen-bond acceptors (Lipinski definition) is 9. The molecule has 1 heterocycles. The standard InChI is InChI=1S/C15H28N2O7S2.C2HF3O2/c1-3-5-12(6-4-2)26(22,23)10-15(17,13(16)18)14(19)24-11-7-8-25(20,21)9-11;3-2(4,5)1(6)7/h11-12H,3-10,17H2,1-2H3,(H2,16,18);(H,6,7)/t11-,15-;/m0./s1. The van der Waals surface area contributed by atoms with Crippen molar-refractivity contribution < 1.29 is 54.2 Å². The third-order valence-corrected chi connectivity index (χ3v) is 8.75. The maximum Gasteiger partial charge on any atom is 0.490 e. The van der Waals surface area contributed by atoms with Gasteiger partial charge in [0.25, 0.3) is 0 Å². The predicted octanol–water partition coefficient (Wildman–Crippen LogP) is -0.0836. The average Bonchev–Trinajstić information content (AvgIpc) is 2.99. The van der Waals surface area contributed by atoms with Crippen LogP contribution in [0.2, 0.25) is 0 Å². The number of carboxylic acid groups (broad SMARTS) is 1. The molecule has 33 heavy (non-hydrogen) atoms. The number of primary amides is 1. The second-order valence-electron chi connectivity index (χ2n) is 7.58. The SMILES string of the molecule is CCCC(CCC)S(=O)(=O)C[C@](N)(C(N)=O)C(=O)O[C@H]1CCS(=O)(=O)C1.O=C(O)C(F)(F)F. The van der Waals surface area contributed by atoms with Crippen LogP contribution in [0, 0.1) is 0 Å². The molecule has 0 radical (unpaired) electrons. The van der Waals surface area contributed by atoms with Gasteiger partial charge in [-0.15, -0.1) is 0 Å². The fourth-order valence-electron chi connectivity index (χ4n) is 2.92. The Labute approximate surface area is 189 Å². The molecule has 0 aliphatic carbocycles. The summed E-state index contributed by atoms with van der Waals surface area (Å²) in [5.74, 6) is -6.87. The molecule has 0 saturated carbocycles. The number of carbonyl (C=O) groups is 3. The van der Waals surface area contributed by atoms with Crippen LogP contribution in [0.5, 0.6) is 0 Å². The number of carbonyl (C=O) groups excluding carboxylic acids is 2. The molecule has 0 spiro atoms. The first-order valence-electron chi connectivity index (χ1n) is 9.84. The highest BCUT2D eigenvalue weighted by molar-refractivity contribution is 7.92. The topological polar surface area (TPSA) is 201 Å². The Hall–Kier alpha value is -1.94. The van der Waals surface area contributed by atoms with E-state index in [4.69, 9.17) is 26.1 Å². The lowest BCUT2D eigenvalue weighted by Gasteiger charge is -2.27. The summed E-state index contributed by atoms with van der Waals surface area (Å²) in [6.45, 7) is 3.66. The van der Waals surface area contributed by atoms with Gasteiger partial charge >= 0.3 is 18.1 Å². The summed E-state index contributed by atoms with van der Waals surface area (Å²) in [4.78, 5) is 33.1. The molecule has 16 heteroatoms. The minimum atomic E-state index is -5.08. The molecule has 1 rings (SSSR count). The second-order valence-corrected chi connectivity index (χ2v) is 12.1. The number of carboxylic acids is 1. The predicted molar refractivity (Wildman–Crippen MR) is 110 cm³/mol. The van der Waals surface area contributed by atoms with Gasteiger partial charge in [0.2, 0.25) is 11.4 Å². The van der Waals surface area contributed by atoms with Crippen molar-refractivity contribution in [3.63, 3.8) is 0 Å². The Morgan fingerprint density at radius 2 is 1.61 bits per heavy atom.